The first-order valence-corrected chi connectivity index (χ1v) is 9.78. The lowest BCUT2D eigenvalue weighted by Crippen LogP contribution is -2.16. The number of aromatic hydroxyl groups is 1. The van der Waals surface area contributed by atoms with Gasteiger partial charge in [0.05, 0.1) is 11.7 Å². The van der Waals surface area contributed by atoms with Gasteiger partial charge in [0.1, 0.15) is 30.3 Å². The van der Waals surface area contributed by atoms with E-state index in [9.17, 15) is 14.7 Å². The molecule has 0 radical (unpaired) electrons. The third kappa shape index (κ3) is 4.31. The quantitative estimate of drug-likeness (QED) is 0.489. The molecular weight excluding hydrogens is 388 g/mol. The maximum absolute atomic E-state index is 12.5. The Morgan fingerprint density at radius 3 is 2.90 bits per heavy atom. The highest BCUT2D eigenvalue weighted by atomic mass is 16.5. The SMILES string of the molecule is Cc1c(O)ccc2c(COC(=O)c3cccc(OCC4CCCO4)c3)cc(=O)oc12. The number of benzene rings is 2. The largest absolute Gasteiger partial charge is 0.508 e. The van der Waals surface area contributed by atoms with Gasteiger partial charge in [0, 0.05) is 29.2 Å². The number of phenols is 1. The molecule has 0 amide bonds. The Hall–Kier alpha value is -3.32. The van der Waals surface area contributed by atoms with Crippen LogP contribution in [0.25, 0.3) is 11.0 Å². The molecule has 1 aliphatic rings. The normalized spacial score (nSPS) is 16.0. The fourth-order valence-corrected chi connectivity index (χ4v) is 3.44. The van der Waals surface area contributed by atoms with Gasteiger partial charge in [-0.1, -0.05) is 6.07 Å². The molecule has 3 aromatic rings. The van der Waals surface area contributed by atoms with E-state index in [0.29, 0.717) is 34.4 Å². The molecule has 0 bridgehead atoms. The van der Waals surface area contributed by atoms with Gasteiger partial charge < -0.3 is 23.7 Å². The van der Waals surface area contributed by atoms with E-state index in [0.717, 1.165) is 19.4 Å². The van der Waals surface area contributed by atoms with E-state index in [4.69, 9.17) is 18.6 Å². The van der Waals surface area contributed by atoms with Gasteiger partial charge in [-0.25, -0.2) is 9.59 Å². The van der Waals surface area contributed by atoms with Crippen LogP contribution in [0.5, 0.6) is 11.5 Å². The molecule has 1 saturated heterocycles. The summed E-state index contributed by atoms with van der Waals surface area (Å²) >= 11 is 0. The highest BCUT2D eigenvalue weighted by Crippen LogP contribution is 2.28. The summed E-state index contributed by atoms with van der Waals surface area (Å²) in [5.41, 5.74) is 1.00. The number of hydrogen-bond acceptors (Lipinski definition) is 7. The Morgan fingerprint density at radius 1 is 1.23 bits per heavy atom. The molecule has 1 aliphatic heterocycles. The summed E-state index contributed by atoms with van der Waals surface area (Å²) in [5, 5.41) is 10.4. The molecule has 0 aliphatic carbocycles. The number of carbonyl (C=O) groups excluding carboxylic acids is 1. The van der Waals surface area contributed by atoms with Crippen molar-refractivity contribution in [1.29, 1.82) is 0 Å². The molecule has 2 aromatic carbocycles. The second-order valence-electron chi connectivity index (χ2n) is 7.23. The third-order valence-electron chi connectivity index (χ3n) is 5.11. The van der Waals surface area contributed by atoms with E-state index in [-0.39, 0.29) is 24.0 Å². The van der Waals surface area contributed by atoms with E-state index in [1.165, 1.54) is 12.1 Å². The number of esters is 1. The molecule has 0 spiro atoms. The average Bonchev–Trinajstić information content (AvgIpc) is 3.27. The average molecular weight is 410 g/mol. The summed E-state index contributed by atoms with van der Waals surface area (Å²) in [5.74, 6) is 0.0610. The molecule has 7 nitrogen and oxygen atoms in total. The van der Waals surface area contributed by atoms with Crippen molar-refractivity contribution >= 4 is 16.9 Å². The van der Waals surface area contributed by atoms with Gasteiger partial charge in [0.2, 0.25) is 0 Å². The van der Waals surface area contributed by atoms with Crippen LogP contribution in [0.4, 0.5) is 0 Å². The first-order chi connectivity index (χ1) is 14.5. The number of hydrogen-bond donors (Lipinski definition) is 1. The van der Waals surface area contributed by atoms with Crippen LogP contribution in [0.15, 0.2) is 51.7 Å². The summed E-state index contributed by atoms with van der Waals surface area (Å²) in [6, 6.07) is 11.2. The third-order valence-corrected chi connectivity index (χ3v) is 5.11. The van der Waals surface area contributed by atoms with Crippen LogP contribution >= 0.6 is 0 Å². The summed E-state index contributed by atoms with van der Waals surface area (Å²) < 4.78 is 21.9. The van der Waals surface area contributed by atoms with Crippen LogP contribution in [0.1, 0.15) is 34.3 Å². The van der Waals surface area contributed by atoms with Crippen molar-refractivity contribution in [3.8, 4) is 11.5 Å². The first kappa shape index (κ1) is 20.0. The molecule has 1 unspecified atom stereocenters. The number of phenolic OH excluding ortho intramolecular Hbond substituents is 1. The molecule has 2 heterocycles. The molecule has 4 rings (SSSR count). The predicted octanol–water partition coefficient (Wildman–Crippen LogP) is 3.72. The number of aryl methyl sites for hydroxylation is 1. The van der Waals surface area contributed by atoms with Gasteiger partial charge in [-0.05, 0) is 50.1 Å². The van der Waals surface area contributed by atoms with Crippen LogP contribution in [-0.4, -0.2) is 30.4 Å². The molecule has 1 aromatic heterocycles. The van der Waals surface area contributed by atoms with E-state index in [1.54, 1.807) is 37.3 Å². The van der Waals surface area contributed by atoms with Crippen LogP contribution < -0.4 is 10.4 Å². The van der Waals surface area contributed by atoms with Gasteiger partial charge in [0.15, 0.2) is 0 Å². The summed E-state index contributed by atoms with van der Waals surface area (Å²) in [4.78, 5) is 24.4. The molecule has 1 N–H and O–H groups in total. The van der Waals surface area contributed by atoms with Crippen LogP contribution in [-0.2, 0) is 16.1 Å². The van der Waals surface area contributed by atoms with Crippen molar-refractivity contribution in [3.63, 3.8) is 0 Å². The highest BCUT2D eigenvalue weighted by Gasteiger charge is 2.17. The topological polar surface area (TPSA) is 95.2 Å². The first-order valence-electron chi connectivity index (χ1n) is 9.78. The van der Waals surface area contributed by atoms with Crippen molar-refractivity contribution in [2.24, 2.45) is 0 Å². The minimum absolute atomic E-state index is 0.0274. The van der Waals surface area contributed by atoms with Gasteiger partial charge in [-0.3, -0.25) is 0 Å². The second kappa shape index (κ2) is 8.59. The maximum atomic E-state index is 12.5. The molecule has 1 fully saturated rings. The zero-order chi connectivity index (χ0) is 21.1. The zero-order valence-electron chi connectivity index (χ0n) is 16.6. The Bertz CT molecular complexity index is 1130. The smallest absolute Gasteiger partial charge is 0.338 e. The zero-order valence-corrected chi connectivity index (χ0v) is 16.6. The molecular formula is C23H22O7. The Labute approximate surface area is 172 Å². The van der Waals surface area contributed by atoms with Crippen molar-refractivity contribution in [2.75, 3.05) is 13.2 Å². The van der Waals surface area contributed by atoms with Gasteiger partial charge in [-0.15, -0.1) is 0 Å². The lowest BCUT2D eigenvalue weighted by Gasteiger charge is -2.12. The predicted molar refractivity (Wildman–Crippen MR) is 109 cm³/mol. The molecule has 1 atom stereocenters. The molecule has 0 saturated carbocycles. The molecule has 156 valence electrons. The Kier molecular flexibility index (Phi) is 5.72. The number of carbonyl (C=O) groups is 1. The van der Waals surface area contributed by atoms with Gasteiger partial charge >= 0.3 is 11.6 Å². The lowest BCUT2D eigenvalue weighted by molar-refractivity contribution is 0.0472. The highest BCUT2D eigenvalue weighted by molar-refractivity contribution is 5.90. The van der Waals surface area contributed by atoms with E-state index in [1.807, 2.05) is 0 Å². The second-order valence-corrected chi connectivity index (χ2v) is 7.23. The van der Waals surface area contributed by atoms with E-state index < -0.39 is 11.6 Å². The Morgan fingerprint density at radius 2 is 2.10 bits per heavy atom. The van der Waals surface area contributed by atoms with E-state index in [2.05, 4.69) is 0 Å². The monoisotopic (exact) mass is 410 g/mol. The number of fused-ring (bicyclic) bond motifs is 1. The summed E-state index contributed by atoms with van der Waals surface area (Å²) in [7, 11) is 0. The molecule has 30 heavy (non-hydrogen) atoms. The van der Waals surface area contributed by atoms with Crippen LogP contribution in [0, 0.1) is 6.92 Å². The number of ether oxygens (including phenoxy) is 3. The van der Waals surface area contributed by atoms with Crippen molar-refractivity contribution in [2.45, 2.75) is 32.5 Å². The lowest BCUT2D eigenvalue weighted by atomic mass is 10.1. The van der Waals surface area contributed by atoms with Crippen molar-refractivity contribution in [3.05, 3.63) is 69.6 Å². The van der Waals surface area contributed by atoms with E-state index >= 15 is 0 Å². The van der Waals surface area contributed by atoms with Crippen LogP contribution in [0.3, 0.4) is 0 Å². The fourth-order valence-electron chi connectivity index (χ4n) is 3.44. The molecule has 7 heteroatoms. The minimum Gasteiger partial charge on any atom is -0.508 e. The van der Waals surface area contributed by atoms with Crippen molar-refractivity contribution in [1.82, 2.24) is 0 Å². The minimum atomic E-state index is -0.577. The Balaban J connectivity index is 1.46. The van der Waals surface area contributed by atoms with Gasteiger partial charge in [0.25, 0.3) is 0 Å². The summed E-state index contributed by atoms with van der Waals surface area (Å²) in [6.45, 7) is 2.74. The van der Waals surface area contributed by atoms with Gasteiger partial charge in [-0.2, -0.15) is 0 Å². The number of rotatable bonds is 6. The van der Waals surface area contributed by atoms with Crippen LogP contribution in [0.2, 0.25) is 0 Å². The standard InChI is InChI=1S/C23H22O7/c1-14-20(24)8-7-19-16(11-21(25)30-22(14)19)12-29-23(26)15-4-2-5-17(10-15)28-13-18-6-3-9-27-18/h2,4-5,7-8,10-11,18,24H,3,6,9,12-13H2,1H3. The fraction of sp³-hybridized carbons (Fsp3) is 0.304. The maximum Gasteiger partial charge on any atom is 0.338 e. The van der Waals surface area contributed by atoms with Crippen molar-refractivity contribution < 1.29 is 28.5 Å². The summed E-state index contributed by atoms with van der Waals surface area (Å²) in [6.07, 6.45) is 2.09.